The highest BCUT2D eigenvalue weighted by atomic mass is 16.5. The van der Waals surface area contributed by atoms with E-state index < -0.39 is 0 Å². The number of carbonyl (C=O) groups is 2. The van der Waals surface area contributed by atoms with Crippen molar-refractivity contribution in [1.82, 2.24) is 9.80 Å². The van der Waals surface area contributed by atoms with Gasteiger partial charge in [-0.15, -0.1) is 0 Å². The Hall–Kier alpha value is -2.08. The Balaban J connectivity index is 1.48. The van der Waals surface area contributed by atoms with E-state index >= 15 is 0 Å². The standard InChI is InChI=1S/C20H29N3O3/c1-3-15(2)16-6-8-17(9-7-16)21-20(25)23-12-10-22(11-13-23)19(24)18-5-4-14-26-18/h6-9,15,18H,3-5,10-14H2,1-2H3,(H,21,25)/t15-,18+/m0/s1. The molecular weight excluding hydrogens is 330 g/mol. The SMILES string of the molecule is CC[C@H](C)c1ccc(NC(=O)N2CCN(C(=O)[C@H]3CCCO3)CC2)cc1. The van der Waals surface area contributed by atoms with Crippen molar-refractivity contribution in [3.8, 4) is 0 Å². The van der Waals surface area contributed by atoms with Crippen LogP contribution in [0.2, 0.25) is 0 Å². The predicted molar refractivity (Wildman–Crippen MR) is 101 cm³/mol. The second kappa shape index (κ2) is 8.54. The lowest BCUT2D eigenvalue weighted by Crippen LogP contribution is -2.53. The smallest absolute Gasteiger partial charge is 0.321 e. The van der Waals surface area contributed by atoms with E-state index in [0.29, 0.717) is 38.7 Å². The quantitative estimate of drug-likeness (QED) is 0.899. The Morgan fingerprint density at radius 1 is 1.15 bits per heavy atom. The average molecular weight is 359 g/mol. The van der Waals surface area contributed by atoms with Gasteiger partial charge < -0.3 is 19.9 Å². The van der Waals surface area contributed by atoms with E-state index in [-0.39, 0.29) is 18.0 Å². The Labute approximate surface area is 155 Å². The molecule has 2 heterocycles. The highest BCUT2D eigenvalue weighted by Crippen LogP contribution is 2.21. The molecule has 2 aliphatic heterocycles. The Morgan fingerprint density at radius 3 is 2.38 bits per heavy atom. The number of hydrogen-bond donors (Lipinski definition) is 1. The Morgan fingerprint density at radius 2 is 1.81 bits per heavy atom. The molecule has 2 fully saturated rings. The van der Waals surface area contributed by atoms with Gasteiger partial charge in [0.1, 0.15) is 6.10 Å². The van der Waals surface area contributed by atoms with E-state index in [1.54, 1.807) is 4.90 Å². The molecule has 6 nitrogen and oxygen atoms in total. The lowest BCUT2D eigenvalue weighted by atomic mass is 9.99. The van der Waals surface area contributed by atoms with Crippen LogP contribution in [-0.2, 0) is 9.53 Å². The van der Waals surface area contributed by atoms with Crippen molar-refractivity contribution in [2.45, 2.75) is 45.1 Å². The fourth-order valence-electron chi connectivity index (χ4n) is 3.44. The minimum absolute atomic E-state index is 0.0724. The Bertz CT molecular complexity index is 618. The van der Waals surface area contributed by atoms with Crippen LogP contribution in [0.1, 0.15) is 44.6 Å². The first-order chi connectivity index (χ1) is 12.6. The fraction of sp³-hybridized carbons (Fsp3) is 0.600. The second-order valence-corrected chi connectivity index (χ2v) is 7.18. The summed E-state index contributed by atoms with van der Waals surface area (Å²) < 4.78 is 5.47. The van der Waals surface area contributed by atoms with Gasteiger partial charge in [-0.3, -0.25) is 4.79 Å². The average Bonchev–Trinajstić information content (AvgIpc) is 3.22. The lowest BCUT2D eigenvalue weighted by molar-refractivity contribution is -0.142. The maximum absolute atomic E-state index is 12.5. The van der Waals surface area contributed by atoms with Gasteiger partial charge in [-0.1, -0.05) is 26.0 Å². The monoisotopic (exact) mass is 359 g/mol. The zero-order chi connectivity index (χ0) is 18.5. The van der Waals surface area contributed by atoms with Gasteiger partial charge >= 0.3 is 6.03 Å². The summed E-state index contributed by atoms with van der Waals surface area (Å²) in [7, 11) is 0. The van der Waals surface area contributed by atoms with Gasteiger partial charge in [0.2, 0.25) is 0 Å². The van der Waals surface area contributed by atoms with Crippen LogP contribution in [0.15, 0.2) is 24.3 Å². The molecular formula is C20H29N3O3. The maximum Gasteiger partial charge on any atom is 0.321 e. The first-order valence-electron chi connectivity index (χ1n) is 9.64. The van der Waals surface area contributed by atoms with Crippen LogP contribution in [0.5, 0.6) is 0 Å². The van der Waals surface area contributed by atoms with Crippen LogP contribution in [-0.4, -0.2) is 60.6 Å². The molecule has 2 aliphatic rings. The third kappa shape index (κ3) is 4.36. The number of carbonyl (C=O) groups excluding carboxylic acids is 2. The molecule has 0 unspecified atom stereocenters. The minimum atomic E-state index is -0.278. The second-order valence-electron chi connectivity index (χ2n) is 7.18. The van der Waals surface area contributed by atoms with Gasteiger partial charge in [0, 0.05) is 38.5 Å². The number of benzene rings is 1. The van der Waals surface area contributed by atoms with Crippen molar-refractivity contribution in [1.29, 1.82) is 0 Å². The summed E-state index contributed by atoms with van der Waals surface area (Å²) in [5, 5.41) is 2.95. The van der Waals surface area contributed by atoms with Crippen molar-refractivity contribution in [2.24, 2.45) is 0 Å². The van der Waals surface area contributed by atoms with E-state index in [2.05, 4.69) is 31.3 Å². The first-order valence-corrected chi connectivity index (χ1v) is 9.64. The number of amides is 3. The van der Waals surface area contributed by atoms with Crippen molar-refractivity contribution in [3.63, 3.8) is 0 Å². The number of nitrogens with zero attached hydrogens (tertiary/aromatic N) is 2. The van der Waals surface area contributed by atoms with Gasteiger partial charge in [0.15, 0.2) is 0 Å². The van der Waals surface area contributed by atoms with Crippen molar-refractivity contribution < 1.29 is 14.3 Å². The summed E-state index contributed by atoms with van der Waals surface area (Å²) in [6.45, 7) is 7.28. The highest BCUT2D eigenvalue weighted by molar-refractivity contribution is 5.89. The maximum atomic E-state index is 12.5. The molecule has 2 saturated heterocycles. The number of piperazine rings is 1. The molecule has 1 aromatic carbocycles. The van der Waals surface area contributed by atoms with E-state index in [9.17, 15) is 9.59 Å². The topological polar surface area (TPSA) is 61.9 Å². The lowest BCUT2D eigenvalue weighted by Gasteiger charge is -2.35. The van der Waals surface area contributed by atoms with Crippen LogP contribution < -0.4 is 5.32 Å². The van der Waals surface area contributed by atoms with Gasteiger partial charge in [0.25, 0.3) is 5.91 Å². The summed E-state index contributed by atoms with van der Waals surface area (Å²) in [4.78, 5) is 28.4. The van der Waals surface area contributed by atoms with E-state index in [1.807, 2.05) is 17.0 Å². The molecule has 0 saturated carbocycles. The first kappa shape index (κ1) is 18.7. The largest absolute Gasteiger partial charge is 0.368 e. The van der Waals surface area contributed by atoms with Crippen molar-refractivity contribution in [2.75, 3.05) is 38.1 Å². The van der Waals surface area contributed by atoms with Gasteiger partial charge in [-0.05, 0) is 42.9 Å². The molecule has 3 rings (SSSR count). The number of ether oxygens (including phenoxy) is 1. The van der Waals surface area contributed by atoms with Crippen molar-refractivity contribution in [3.05, 3.63) is 29.8 Å². The fourth-order valence-corrected chi connectivity index (χ4v) is 3.44. The molecule has 142 valence electrons. The molecule has 0 spiro atoms. The number of rotatable bonds is 4. The number of hydrogen-bond acceptors (Lipinski definition) is 3. The molecule has 1 N–H and O–H groups in total. The minimum Gasteiger partial charge on any atom is -0.368 e. The van der Waals surface area contributed by atoms with Crippen LogP contribution in [0.4, 0.5) is 10.5 Å². The zero-order valence-corrected chi connectivity index (χ0v) is 15.7. The van der Waals surface area contributed by atoms with Gasteiger partial charge in [0.05, 0.1) is 0 Å². The zero-order valence-electron chi connectivity index (χ0n) is 15.7. The third-order valence-corrected chi connectivity index (χ3v) is 5.43. The van der Waals surface area contributed by atoms with Crippen LogP contribution in [0, 0.1) is 0 Å². The normalized spacial score (nSPS) is 21.5. The molecule has 0 aliphatic carbocycles. The summed E-state index contributed by atoms with van der Waals surface area (Å²) in [5.41, 5.74) is 2.09. The van der Waals surface area contributed by atoms with Crippen molar-refractivity contribution >= 4 is 17.6 Å². The van der Waals surface area contributed by atoms with E-state index in [1.165, 1.54) is 5.56 Å². The summed E-state index contributed by atoms with van der Waals surface area (Å²) in [6.07, 6.45) is 2.58. The summed E-state index contributed by atoms with van der Waals surface area (Å²) >= 11 is 0. The molecule has 0 radical (unpaired) electrons. The molecule has 2 atom stereocenters. The Kier molecular flexibility index (Phi) is 6.14. The number of anilines is 1. The molecule has 0 aromatic heterocycles. The van der Waals surface area contributed by atoms with Gasteiger partial charge in [-0.2, -0.15) is 0 Å². The van der Waals surface area contributed by atoms with Gasteiger partial charge in [-0.25, -0.2) is 4.79 Å². The predicted octanol–water partition coefficient (Wildman–Crippen LogP) is 3.06. The van der Waals surface area contributed by atoms with E-state index in [0.717, 1.165) is 24.9 Å². The van der Waals surface area contributed by atoms with Crippen LogP contribution in [0.3, 0.4) is 0 Å². The molecule has 0 bridgehead atoms. The number of nitrogens with one attached hydrogen (secondary N) is 1. The molecule has 3 amide bonds. The van der Waals surface area contributed by atoms with E-state index in [4.69, 9.17) is 4.74 Å². The highest BCUT2D eigenvalue weighted by Gasteiger charge is 2.31. The summed E-state index contributed by atoms with van der Waals surface area (Å²) in [5.74, 6) is 0.595. The summed E-state index contributed by atoms with van der Waals surface area (Å²) in [6, 6.07) is 7.95. The third-order valence-electron chi connectivity index (χ3n) is 5.43. The molecule has 26 heavy (non-hydrogen) atoms. The molecule has 6 heteroatoms. The number of urea groups is 1. The van der Waals surface area contributed by atoms with Crippen LogP contribution >= 0.6 is 0 Å². The molecule has 1 aromatic rings. The van der Waals surface area contributed by atoms with Crippen LogP contribution in [0.25, 0.3) is 0 Å².